The molecule has 0 N–H and O–H groups in total. The Morgan fingerprint density at radius 1 is 0.913 bits per heavy atom. The van der Waals surface area contributed by atoms with Gasteiger partial charge in [-0.05, 0) is 49.8 Å². The first-order valence-corrected chi connectivity index (χ1v) is 8.43. The number of carbonyl (C=O) groups excluding carboxylic acids is 2. The summed E-state index contributed by atoms with van der Waals surface area (Å²) in [5, 5.41) is 0. The van der Waals surface area contributed by atoms with Gasteiger partial charge in [0.2, 0.25) is 0 Å². The van der Waals surface area contributed by atoms with E-state index < -0.39 is 0 Å². The lowest BCUT2D eigenvalue weighted by atomic mass is 9.67. The Hall–Kier alpha value is -1.96. The first-order valence-electron chi connectivity index (χ1n) is 8.43. The van der Waals surface area contributed by atoms with Crippen LogP contribution in [0.25, 0.3) is 5.57 Å². The molecule has 0 saturated carbocycles. The summed E-state index contributed by atoms with van der Waals surface area (Å²) in [6.07, 6.45) is 3.04. The van der Waals surface area contributed by atoms with Crippen LogP contribution in [-0.2, 0) is 9.59 Å². The molecule has 1 aromatic rings. The van der Waals surface area contributed by atoms with Crippen LogP contribution in [0.15, 0.2) is 41.5 Å². The number of hydrogen-bond donors (Lipinski definition) is 0. The van der Waals surface area contributed by atoms with Gasteiger partial charge in [0.15, 0.2) is 11.6 Å². The van der Waals surface area contributed by atoms with Crippen LogP contribution in [0.2, 0.25) is 0 Å². The van der Waals surface area contributed by atoms with Gasteiger partial charge < -0.3 is 0 Å². The van der Waals surface area contributed by atoms with Crippen LogP contribution in [0.1, 0.15) is 57.6 Å². The third-order valence-corrected chi connectivity index (χ3v) is 5.41. The first kappa shape index (κ1) is 15.9. The molecule has 2 aliphatic rings. The smallest absolute Gasteiger partial charge is 0.167 e. The standard InChI is InChI=1S/C21H24O2/c1-12(2)15-5-7-16(8-6-15)17-11-20(22)18-9-13(3)14(4)10-19(18)21(17)23/h5-8,11-12,18-19H,9-10H2,1-4H3. The van der Waals surface area contributed by atoms with E-state index in [4.69, 9.17) is 0 Å². The highest BCUT2D eigenvalue weighted by Crippen LogP contribution is 2.41. The molecule has 0 aliphatic heterocycles. The Labute approximate surface area is 138 Å². The summed E-state index contributed by atoms with van der Waals surface area (Å²) in [4.78, 5) is 25.5. The highest BCUT2D eigenvalue weighted by atomic mass is 16.1. The van der Waals surface area contributed by atoms with Crippen LogP contribution in [0, 0.1) is 11.8 Å². The fraction of sp³-hybridized carbons (Fsp3) is 0.429. The summed E-state index contributed by atoms with van der Waals surface area (Å²) in [7, 11) is 0. The van der Waals surface area contributed by atoms with E-state index in [0.29, 0.717) is 11.5 Å². The van der Waals surface area contributed by atoms with Crippen molar-refractivity contribution in [2.45, 2.75) is 46.5 Å². The number of carbonyl (C=O) groups is 2. The number of Topliss-reactive ketones (excluding diaryl/α,β-unsaturated/α-hetero) is 1. The third-order valence-electron chi connectivity index (χ3n) is 5.41. The molecule has 2 nitrogen and oxygen atoms in total. The van der Waals surface area contributed by atoms with Gasteiger partial charge in [0.1, 0.15) is 0 Å². The molecule has 2 heteroatoms. The van der Waals surface area contributed by atoms with Gasteiger partial charge in [-0.15, -0.1) is 0 Å². The molecule has 23 heavy (non-hydrogen) atoms. The molecule has 0 bridgehead atoms. The zero-order valence-electron chi connectivity index (χ0n) is 14.3. The van der Waals surface area contributed by atoms with Gasteiger partial charge in [-0.1, -0.05) is 49.3 Å². The van der Waals surface area contributed by atoms with Gasteiger partial charge in [0, 0.05) is 17.4 Å². The number of benzene rings is 1. The van der Waals surface area contributed by atoms with Crippen molar-refractivity contribution in [1.82, 2.24) is 0 Å². The quantitative estimate of drug-likeness (QED) is 0.742. The minimum Gasteiger partial charge on any atom is -0.294 e. The van der Waals surface area contributed by atoms with E-state index in [9.17, 15) is 9.59 Å². The summed E-state index contributed by atoms with van der Waals surface area (Å²) in [6.45, 7) is 8.45. The lowest BCUT2D eigenvalue weighted by Gasteiger charge is -2.34. The molecule has 0 spiro atoms. The molecular formula is C21H24O2. The van der Waals surface area contributed by atoms with E-state index in [1.54, 1.807) is 6.08 Å². The zero-order chi connectivity index (χ0) is 16.7. The second-order valence-electron chi connectivity index (χ2n) is 7.28. The van der Waals surface area contributed by atoms with Crippen molar-refractivity contribution in [2.24, 2.45) is 11.8 Å². The number of hydrogen-bond acceptors (Lipinski definition) is 2. The van der Waals surface area contributed by atoms with Gasteiger partial charge in [-0.25, -0.2) is 0 Å². The van der Waals surface area contributed by atoms with Crippen molar-refractivity contribution in [3.63, 3.8) is 0 Å². The lowest BCUT2D eigenvalue weighted by Crippen LogP contribution is -2.36. The lowest BCUT2D eigenvalue weighted by molar-refractivity contribution is -0.128. The Kier molecular flexibility index (Phi) is 4.09. The van der Waals surface area contributed by atoms with E-state index in [0.717, 1.165) is 18.4 Å². The Bertz CT molecular complexity index is 717. The number of fused-ring (bicyclic) bond motifs is 1. The maximum Gasteiger partial charge on any atom is 0.167 e. The second-order valence-corrected chi connectivity index (χ2v) is 7.28. The predicted octanol–water partition coefficient (Wildman–Crippen LogP) is 4.71. The topological polar surface area (TPSA) is 34.1 Å². The van der Waals surface area contributed by atoms with Gasteiger partial charge in [-0.2, -0.15) is 0 Å². The molecule has 0 saturated heterocycles. The van der Waals surface area contributed by atoms with Crippen molar-refractivity contribution >= 4 is 17.1 Å². The molecule has 0 amide bonds. The van der Waals surface area contributed by atoms with Crippen molar-refractivity contribution in [3.8, 4) is 0 Å². The molecule has 0 fully saturated rings. The van der Waals surface area contributed by atoms with E-state index in [2.05, 4.69) is 39.8 Å². The van der Waals surface area contributed by atoms with Crippen LogP contribution in [0.4, 0.5) is 0 Å². The maximum atomic E-state index is 12.9. The molecule has 3 rings (SSSR count). The van der Waals surface area contributed by atoms with E-state index >= 15 is 0 Å². The Balaban J connectivity index is 1.94. The number of ketones is 2. The number of rotatable bonds is 2. The average molecular weight is 308 g/mol. The Morgan fingerprint density at radius 3 is 2.04 bits per heavy atom. The summed E-state index contributed by atoms with van der Waals surface area (Å²) in [6, 6.07) is 8.06. The third kappa shape index (κ3) is 2.83. The molecule has 0 radical (unpaired) electrons. The molecule has 2 atom stereocenters. The van der Waals surface area contributed by atoms with Crippen LogP contribution >= 0.6 is 0 Å². The van der Waals surface area contributed by atoms with E-state index in [1.807, 2.05) is 12.1 Å². The zero-order valence-corrected chi connectivity index (χ0v) is 14.3. The molecular weight excluding hydrogens is 284 g/mol. The van der Waals surface area contributed by atoms with Crippen molar-refractivity contribution in [1.29, 1.82) is 0 Å². The van der Waals surface area contributed by atoms with Gasteiger partial charge >= 0.3 is 0 Å². The summed E-state index contributed by atoms with van der Waals surface area (Å²) >= 11 is 0. The molecule has 0 heterocycles. The van der Waals surface area contributed by atoms with Crippen molar-refractivity contribution < 1.29 is 9.59 Å². The van der Waals surface area contributed by atoms with Crippen molar-refractivity contribution in [3.05, 3.63) is 52.6 Å². The van der Waals surface area contributed by atoms with Gasteiger partial charge in [0.25, 0.3) is 0 Å². The highest BCUT2D eigenvalue weighted by Gasteiger charge is 2.41. The minimum absolute atomic E-state index is 0.115. The fourth-order valence-corrected chi connectivity index (χ4v) is 3.66. The van der Waals surface area contributed by atoms with E-state index in [-0.39, 0.29) is 23.4 Å². The molecule has 0 aromatic heterocycles. The fourth-order valence-electron chi connectivity index (χ4n) is 3.66. The summed E-state index contributed by atoms with van der Waals surface area (Å²) in [5.41, 5.74) is 5.25. The average Bonchev–Trinajstić information content (AvgIpc) is 2.53. The SMILES string of the molecule is CC1=C(C)CC2C(=O)C(c3ccc(C(C)C)cc3)=CC(=O)C2C1. The summed E-state index contributed by atoms with van der Waals surface area (Å²) < 4.78 is 0. The highest BCUT2D eigenvalue weighted by molar-refractivity contribution is 6.29. The van der Waals surface area contributed by atoms with Crippen LogP contribution in [0.3, 0.4) is 0 Å². The van der Waals surface area contributed by atoms with Crippen LogP contribution < -0.4 is 0 Å². The largest absolute Gasteiger partial charge is 0.294 e. The summed E-state index contributed by atoms with van der Waals surface area (Å²) in [5.74, 6) is 0.393. The predicted molar refractivity (Wildman–Crippen MR) is 93.1 cm³/mol. The monoisotopic (exact) mass is 308 g/mol. The maximum absolute atomic E-state index is 12.9. The minimum atomic E-state index is -0.170. The molecule has 2 unspecified atom stereocenters. The van der Waals surface area contributed by atoms with Gasteiger partial charge in [-0.3, -0.25) is 9.59 Å². The van der Waals surface area contributed by atoms with Crippen LogP contribution in [-0.4, -0.2) is 11.6 Å². The molecule has 2 aliphatic carbocycles. The second kappa shape index (κ2) is 5.92. The number of allylic oxidation sites excluding steroid dienone is 4. The molecule has 120 valence electrons. The van der Waals surface area contributed by atoms with Crippen LogP contribution in [0.5, 0.6) is 0 Å². The van der Waals surface area contributed by atoms with Crippen molar-refractivity contribution in [2.75, 3.05) is 0 Å². The Morgan fingerprint density at radius 2 is 1.48 bits per heavy atom. The van der Waals surface area contributed by atoms with E-state index in [1.165, 1.54) is 16.7 Å². The first-order chi connectivity index (χ1) is 10.9. The normalized spacial score (nSPS) is 24.8. The molecule has 1 aromatic carbocycles. The van der Waals surface area contributed by atoms with Gasteiger partial charge in [0.05, 0.1) is 0 Å².